The van der Waals surface area contributed by atoms with Gasteiger partial charge in [0.1, 0.15) is 5.60 Å². The van der Waals surface area contributed by atoms with Gasteiger partial charge in [0.15, 0.2) is 6.29 Å². The van der Waals surface area contributed by atoms with Gasteiger partial charge in [-0.25, -0.2) is 4.79 Å². The molecule has 22 heavy (non-hydrogen) atoms. The molecule has 4 heteroatoms. The van der Waals surface area contributed by atoms with Gasteiger partial charge in [0, 0.05) is 11.1 Å². The summed E-state index contributed by atoms with van der Waals surface area (Å²) >= 11 is 0. The standard InChI is InChI=1S/C18H19NO3/c1-18(2,3)22-17(21)19-16-11-7-6-10-15(16)14-9-5-4-8-13(14)12-20/h4-12H,1-3H3,(H,19,21). The molecule has 0 aliphatic rings. The van der Waals surface area contributed by atoms with Crippen molar-refractivity contribution in [2.24, 2.45) is 0 Å². The first kappa shape index (κ1) is 15.8. The van der Waals surface area contributed by atoms with Crippen LogP contribution in [0, 0.1) is 0 Å². The average molecular weight is 297 g/mol. The Morgan fingerprint density at radius 1 is 1.00 bits per heavy atom. The summed E-state index contributed by atoms with van der Waals surface area (Å²) in [5, 5.41) is 2.74. The van der Waals surface area contributed by atoms with Crippen LogP contribution < -0.4 is 5.32 Å². The first-order valence-electron chi connectivity index (χ1n) is 7.04. The van der Waals surface area contributed by atoms with Crippen LogP contribution in [0.15, 0.2) is 48.5 Å². The Hall–Kier alpha value is -2.62. The highest BCUT2D eigenvalue weighted by atomic mass is 16.6. The van der Waals surface area contributed by atoms with E-state index in [4.69, 9.17) is 4.74 Å². The van der Waals surface area contributed by atoms with E-state index in [9.17, 15) is 9.59 Å². The molecule has 2 aromatic rings. The molecule has 0 bridgehead atoms. The number of nitrogens with one attached hydrogen (secondary N) is 1. The van der Waals surface area contributed by atoms with Crippen molar-refractivity contribution < 1.29 is 14.3 Å². The van der Waals surface area contributed by atoms with Crippen molar-refractivity contribution in [1.29, 1.82) is 0 Å². The number of benzene rings is 2. The van der Waals surface area contributed by atoms with Gasteiger partial charge in [0.05, 0.1) is 5.69 Å². The highest BCUT2D eigenvalue weighted by molar-refractivity contribution is 5.96. The van der Waals surface area contributed by atoms with Crippen molar-refractivity contribution in [2.45, 2.75) is 26.4 Å². The number of hydrogen-bond acceptors (Lipinski definition) is 3. The number of aldehydes is 1. The maximum atomic E-state index is 12.0. The molecule has 4 nitrogen and oxygen atoms in total. The average Bonchev–Trinajstić information content (AvgIpc) is 2.46. The van der Waals surface area contributed by atoms with Crippen LogP contribution in [0.1, 0.15) is 31.1 Å². The van der Waals surface area contributed by atoms with Crippen molar-refractivity contribution in [3.63, 3.8) is 0 Å². The first-order chi connectivity index (χ1) is 10.4. The zero-order valence-corrected chi connectivity index (χ0v) is 12.9. The fraction of sp³-hybridized carbons (Fsp3) is 0.222. The smallest absolute Gasteiger partial charge is 0.412 e. The maximum absolute atomic E-state index is 12.0. The summed E-state index contributed by atoms with van der Waals surface area (Å²) in [6.07, 6.45) is 0.281. The van der Waals surface area contributed by atoms with Gasteiger partial charge in [-0.05, 0) is 32.4 Å². The molecule has 0 heterocycles. The number of amides is 1. The molecule has 114 valence electrons. The van der Waals surface area contributed by atoms with Crippen molar-refractivity contribution in [3.8, 4) is 11.1 Å². The molecule has 1 amide bonds. The van der Waals surface area contributed by atoms with E-state index < -0.39 is 11.7 Å². The van der Waals surface area contributed by atoms with Crippen LogP contribution in [0.2, 0.25) is 0 Å². The van der Waals surface area contributed by atoms with Crippen LogP contribution >= 0.6 is 0 Å². The predicted molar refractivity (Wildman–Crippen MR) is 87.1 cm³/mol. The van der Waals surface area contributed by atoms with Crippen molar-refractivity contribution in [2.75, 3.05) is 5.32 Å². The molecular weight excluding hydrogens is 278 g/mol. The highest BCUT2D eigenvalue weighted by Crippen LogP contribution is 2.30. The summed E-state index contributed by atoms with van der Waals surface area (Å²) in [5.41, 5.74) is 2.15. The van der Waals surface area contributed by atoms with Crippen molar-refractivity contribution >= 4 is 18.1 Å². The number of hydrogen-bond donors (Lipinski definition) is 1. The SMILES string of the molecule is CC(C)(C)OC(=O)Nc1ccccc1-c1ccccc1C=O. The topological polar surface area (TPSA) is 55.4 Å². The van der Waals surface area contributed by atoms with Crippen LogP contribution in [-0.4, -0.2) is 18.0 Å². The van der Waals surface area contributed by atoms with Crippen molar-refractivity contribution in [3.05, 3.63) is 54.1 Å². The lowest BCUT2D eigenvalue weighted by Gasteiger charge is -2.20. The molecular formula is C18H19NO3. The molecule has 0 radical (unpaired) electrons. The summed E-state index contributed by atoms with van der Waals surface area (Å²) < 4.78 is 5.27. The summed E-state index contributed by atoms with van der Waals surface area (Å²) in [6.45, 7) is 5.42. The number of anilines is 1. The molecule has 0 atom stereocenters. The normalized spacial score (nSPS) is 10.9. The summed E-state index contributed by atoms with van der Waals surface area (Å²) in [4.78, 5) is 23.2. The first-order valence-corrected chi connectivity index (χ1v) is 7.04. The van der Waals surface area contributed by atoms with Crippen LogP contribution in [-0.2, 0) is 4.74 Å². The molecule has 0 saturated heterocycles. The lowest BCUT2D eigenvalue weighted by molar-refractivity contribution is 0.0636. The molecule has 0 unspecified atom stereocenters. The van der Waals surface area contributed by atoms with E-state index in [1.165, 1.54) is 0 Å². The summed E-state index contributed by atoms with van der Waals surface area (Å²) in [6, 6.07) is 14.6. The second kappa shape index (κ2) is 6.43. The molecule has 2 aromatic carbocycles. The van der Waals surface area contributed by atoms with Gasteiger partial charge in [0.2, 0.25) is 0 Å². The summed E-state index contributed by atoms with van der Waals surface area (Å²) in [7, 11) is 0. The monoisotopic (exact) mass is 297 g/mol. The van der Waals surface area contributed by atoms with E-state index in [1.54, 1.807) is 39.0 Å². The van der Waals surface area contributed by atoms with Gasteiger partial charge in [-0.15, -0.1) is 0 Å². The fourth-order valence-electron chi connectivity index (χ4n) is 2.09. The summed E-state index contributed by atoms with van der Waals surface area (Å²) in [5.74, 6) is 0. The molecule has 2 rings (SSSR count). The fourth-order valence-corrected chi connectivity index (χ4v) is 2.09. The van der Waals surface area contributed by atoms with Gasteiger partial charge in [-0.1, -0.05) is 42.5 Å². The van der Waals surface area contributed by atoms with E-state index in [0.29, 0.717) is 11.3 Å². The molecule has 0 spiro atoms. The van der Waals surface area contributed by atoms with Gasteiger partial charge >= 0.3 is 6.09 Å². The van der Waals surface area contributed by atoms with Crippen LogP contribution in [0.3, 0.4) is 0 Å². The van der Waals surface area contributed by atoms with E-state index >= 15 is 0 Å². The van der Waals surface area contributed by atoms with E-state index in [2.05, 4.69) is 5.32 Å². The van der Waals surface area contributed by atoms with E-state index in [1.807, 2.05) is 30.3 Å². The van der Waals surface area contributed by atoms with Gasteiger partial charge < -0.3 is 4.74 Å². The van der Waals surface area contributed by atoms with E-state index in [-0.39, 0.29) is 0 Å². The Bertz CT molecular complexity index is 687. The second-order valence-corrected chi connectivity index (χ2v) is 5.88. The minimum atomic E-state index is -0.570. The van der Waals surface area contributed by atoms with Crippen LogP contribution in [0.4, 0.5) is 10.5 Å². The zero-order valence-electron chi connectivity index (χ0n) is 12.9. The van der Waals surface area contributed by atoms with E-state index in [0.717, 1.165) is 17.4 Å². The minimum absolute atomic E-state index is 0.525. The van der Waals surface area contributed by atoms with Gasteiger partial charge in [0.25, 0.3) is 0 Å². The van der Waals surface area contributed by atoms with Gasteiger partial charge in [-0.3, -0.25) is 10.1 Å². The van der Waals surface area contributed by atoms with Crippen molar-refractivity contribution in [1.82, 2.24) is 0 Å². The van der Waals surface area contributed by atoms with Crippen LogP contribution in [0.25, 0.3) is 11.1 Å². The Morgan fingerprint density at radius 3 is 2.23 bits per heavy atom. The molecule has 0 aliphatic heterocycles. The number of ether oxygens (including phenoxy) is 1. The number of rotatable bonds is 3. The van der Waals surface area contributed by atoms with Crippen LogP contribution in [0.5, 0.6) is 0 Å². The quantitative estimate of drug-likeness (QED) is 0.848. The lowest BCUT2D eigenvalue weighted by atomic mass is 9.99. The third-order valence-corrected chi connectivity index (χ3v) is 2.94. The zero-order chi connectivity index (χ0) is 16.2. The number of para-hydroxylation sites is 1. The molecule has 0 fully saturated rings. The maximum Gasteiger partial charge on any atom is 0.412 e. The number of carbonyl (C=O) groups is 2. The Kier molecular flexibility index (Phi) is 4.61. The third-order valence-electron chi connectivity index (χ3n) is 2.94. The van der Waals surface area contributed by atoms with Gasteiger partial charge in [-0.2, -0.15) is 0 Å². The Morgan fingerprint density at radius 2 is 1.59 bits per heavy atom. The lowest BCUT2D eigenvalue weighted by Crippen LogP contribution is -2.27. The molecule has 0 saturated carbocycles. The second-order valence-electron chi connectivity index (χ2n) is 5.88. The predicted octanol–water partition coefficient (Wildman–Crippen LogP) is 4.51. The Labute approximate surface area is 130 Å². The minimum Gasteiger partial charge on any atom is -0.444 e. The third kappa shape index (κ3) is 3.95. The molecule has 1 N–H and O–H groups in total. The highest BCUT2D eigenvalue weighted by Gasteiger charge is 2.17. The molecule has 0 aliphatic carbocycles. The Balaban J connectivity index is 2.35. The largest absolute Gasteiger partial charge is 0.444 e. The number of carbonyl (C=O) groups excluding carboxylic acids is 2. The molecule has 0 aromatic heterocycles.